The van der Waals surface area contributed by atoms with E-state index in [1.807, 2.05) is 56.3 Å². The Morgan fingerprint density at radius 1 is 1.00 bits per heavy atom. The Morgan fingerprint density at radius 2 is 1.63 bits per heavy atom. The van der Waals surface area contributed by atoms with Crippen LogP contribution in [-0.2, 0) is 20.8 Å². The van der Waals surface area contributed by atoms with E-state index < -0.39 is 53.1 Å². The van der Waals surface area contributed by atoms with Gasteiger partial charge in [0.1, 0.15) is 17.7 Å². The average Bonchev–Trinajstić information content (AvgIpc) is 3.00. The third-order valence-electron chi connectivity index (χ3n) is 6.19. The number of halogens is 2. The summed E-state index contributed by atoms with van der Waals surface area (Å²) in [7, 11) is 0. The van der Waals surface area contributed by atoms with Gasteiger partial charge in [-0.15, -0.1) is 11.8 Å². The number of para-hydroxylation sites is 1. The smallest absolute Gasteiger partial charge is 0.249 e. The average molecular weight is 538 g/mol. The predicted molar refractivity (Wildman–Crippen MR) is 143 cm³/mol. The number of fused-ring (bicyclic) bond motifs is 1. The SMILES string of the molecule is CC(C)C[C@H](N)C(=O)N(C(=O)Cc1cc(F)cc(F)c1)[C@@H]1C(=O)Nc2ccccc2S[C@@H]1c1ccccc1. The number of hydrogen-bond donors (Lipinski definition) is 2. The molecule has 1 aliphatic heterocycles. The summed E-state index contributed by atoms with van der Waals surface area (Å²) >= 11 is 1.35. The van der Waals surface area contributed by atoms with E-state index in [0.29, 0.717) is 11.8 Å². The molecule has 198 valence electrons. The molecule has 0 saturated heterocycles. The molecule has 3 amide bonds. The molecule has 0 radical (unpaired) electrons. The van der Waals surface area contributed by atoms with Crippen LogP contribution in [0.15, 0.2) is 77.7 Å². The van der Waals surface area contributed by atoms with Gasteiger partial charge in [-0.1, -0.05) is 56.3 Å². The van der Waals surface area contributed by atoms with Crippen molar-refractivity contribution >= 4 is 35.2 Å². The van der Waals surface area contributed by atoms with Crippen molar-refractivity contribution in [3.8, 4) is 0 Å². The second-order valence-corrected chi connectivity index (χ2v) is 10.9. The monoisotopic (exact) mass is 537 g/mol. The highest BCUT2D eigenvalue weighted by molar-refractivity contribution is 7.99. The van der Waals surface area contributed by atoms with Gasteiger partial charge >= 0.3 is 0 Å². The van der Waals surface area contributed by atoms with Gasteiger partial charge in [-0.05, 0) is 47.7 Å². The maximum absolute atomic E-state index is 13.9. The molecule has 3 atom stereocenters. The zero-order chi connectivity index (χ0) is 27.4. The van der Waals surface area contributed by atoms with Crippen molar-refractivity contribution in [3.63, 3.8) is 0 Å². The Kier molecular flexibility index (Phi) is 8.58. The fourth-order valence-electron chi connectivity index (χ4n) is 4.54. The molecule has 9 heteroatoms. The first kappa shape index (κ1) is 27.5. The van der Waals surface area contributed by atoms with Gasteiger partial charge in [0.15, 0.2) is 0 Å². The van der Waals surface area contributed by atoms with Crippen LogP contribution in [0.4, 0.5) is 14.5 Å². The summed E-state index contributed by atoms with van der Waals surface area (Å²) in [6.45, 7) is 3.79. The summed E-state index contributed by atoms with van der Waals surface area (Å²) in [5, 5.41) is 2.19. The number of carbonyl (C=O) groups excluding carboxylic acids is 3. The van der Waals surface area contributed by atoms with Crippen LogP contribution in [0.3, 0.4) is 0 Å². The van der Waals surface area contributed by atoms with Gasteiger partial charge in [-0.3, -0.25) is 19.3 Å². The standard InChI is InChI=1S/C29H29F2N3O3S/c1-17(2)12-22(32)29(37)34(25(35)15-18-13-20(30)16-21(31)14-18)26-27(19-8-4-3-5-9-19)38-24-11-7-6-10-23(24)33-28(26)36/h3-11,13-14,16-17,22,26-27H,12,15,32H2,1-2H3,(H,33,36)/t22-,26-,27+/m0/s1. The van der Waals surface area contributed by atoms with Gasteiger partial charge < -0.3 is 11.1 Å². The summed E-state index contributed by atoms with van der Waals surface area (Å²) in [5.41, 5.74) is 7.59. The second-order valence-electron chi connectivity index (χ2n) is 9.67. The number of carbonyl (C=O) groups is 3. The van der Waals surface area contributed by atoms with Crippen LogP contribution in [0.5, 0.6) is 0 Å². The van der Waals surface area contributed by atoms with E-state index in [9.17, 15) is 23.2 Å². The van der Waals surface area contributed by atoms with Crippen molar-refractivity contribution in [2.75, 3.05) is 5.32 Å². The molecule has 0 aromatic heterocycles. The summed E-state index contributed by atoms with van der Waals surface area (Å²) in [5.74, 6) is -3.68. The van der Waals surface area contributed by atoms with Crippen LogP contribution in [0.25, 0.3) is 0 Å². The number of nitrogens with zero attached hydrogens (tertiary/aromatic N) is 1. The van der Waals surface area contributed by atoms with E-state index in [2.05, 4.69) is 5.32 Å². The highest BCUT2D eigenvalue weighted by atomic mass is 32.2. The highest BCUT2D eigenvalue weighted by Gasteiger charge is 2.44. The van der Waals surface area contributed by atoms with E-state index in [1.165, 1.54) is 11.8 Å². The first-order valence-electron chi connectivity index (χ1n) is 12.3. The van der Waals surface area contributed by atoms with Gasteiger partial charge in [0, 0.05) is 11.0 Å². The molecular weight excluding hydrogens is 508 g/mol. The molecule has 4 rings (SSSR count). The summed E-state index contributed by atoms with van der Waals surface area (Å²) < 4.78 is 27.8. The fraction of sp³-hybridized carbons (Fsp3) is 0.276. The first-order chi connectivity index (χ1) is 18.1. The van der Waals surface area contributed by atoms with Crippen molar-refractivity contribution in [2.45, 2.75) is 48.9 Å². The molecular formula is C29H29F2N3O3S. The maximum atomic E-state index is 13.9. The number of amides is 3. The molecule has 3 aromatic rings. The molecule has 3 aromatic carbocycles. The molecule has 0 saturated carbocycles. The molecule has 6 nitrogen and oxygen atoms in total. The zero-order valence-corrected chi connectivity index (χ0v) is 21.9. The molecule has 0 spiro atoms. The van der Waals surface area contributed by atoms with Gasteiger partial charge in [-0.25, -0.2) is 8.78 Å². The number of benzene rings is 3. The largest absolute Gasteiger partial charge is 0.323 e. The van der Waals surface area contributed by atoms with Gasteiger partial charge in [-0.2, -0.15) is 0 Å². The number of hydrogen-bond acceptors (Lipinski definition) is 5. The number of nitrogens with one attached hydrogen (secondary N) is 1. The van der Waals surface area contributed by atoms with E-state index in [1.54, 1.807) is 12.1 Å². The third kappa shape index (κ3) is 6.28. The molecule has 1 aliphatic rings. The van der Waals surface area contributed by atoms with Crippen molar-refractivity contribution in [1.82, 2.24) is 4.90 Å². The lowest BCUT2D eigenvalue weighted by Crippen LogP contribution is -2.57. The highest BCUT2D eigenvalue weighted by Crippen LogP contribution is 2.45. The van der Waals surface area contributed by atoms with Crippen LogP contribution in [-0.4, -0.2) is 34.7 Å². The van der Waals surface area contributed by atoms with E-state index in [-0.39, 0.29) is 17.9 Å². The molecule has 0 bridgehead atoms. The maximum Gasteiger partial charge on any atom is 0.249 e. The molecule has 0 unspecified atom stereocenters. The third-order valence-corrected chi connectivity index (χ3v) is 7.58. The Bertz CT molecular complexity index is 1320. The van der Waals surface area contributed by atoms with Crippen molar-refractivity contribution in [1.29, 1.82) is 0 Å². The van der Waals surface area contributed by atoms with Crippen LogP contribution in [0.2, 0.25) is 0 Å². The molecule has 1 heterocycles. The minimum atomic E-state index is -1.27. The number of thioether (sulfide) groups is 1. The van der Waals surface area contributed by atoms with Gasteiger partial charge in [0.2, 0.25) is 17.7 Å². The Morgan fingerprint density at radius 3 is 2.29 bits per heavy atom. The quantitative estimate of drug-likeness (QED) is 0.438. The number of rotatable bonds is 7. The Balaban J connectivity index is 1.82. The lowest BCUT2D eigenvalue weighted by molar-refractivity contribution is -0.151. The van der Waals surface area contributed by atoms with E-state index >= 15 is 0 Å². The van der Waals surface area contributed by atoms with Crippen LogP contribution < -0.4 is 11.1 Å². The van der Waals surface area contributed by atoms with Crippen LogP contribution in [0.1, 0.15) is 36.6 Å². The zero-order valence-electron chi connectivity index (χ0n) is 21.1. The van der Waals surface area contributed by atoms with Crippen molar-refractivity contribution < 1.29 is 23.2 Å². The summed E-state index contributed by atoms with van der Waals surface area (Å²) in [4.78, 5) is 43.0. The molecule has 3 N–H and O–H groups in total. The lowest BCUT2D eigenvalue weighted by atomic mass is 9.98. The number of imide groups is 1. The van der Waals surface area contributed by atoms with Crippen molar-refractivity contribution in [3.05, 3.63) is 95.6 Å². The summed E-state index contributed by atoms with van der Waals surface area (Å²) in [6.07, 6.45) is -0.202. The van der Waals surface area contributed by atoms with Crippen molar-refractivity contribution in [2.24, 2.45) is 11.7 Å². The number of anilines is 1. The van der Waals surface area contributed by atoms with Gasteiger partial charge in [0.05, 0.1) is 23.4 Å². The lowest BCUT2D eigenvalue weighted by Gasteiger charge is -2.35. The first-order valence-corrected chi connectivity index (χ1v) is 13.2. The predicted octanol–water partition coefficient (Wildman–Crippen LogP) is 5.09. The summed E-state index contributed by atoms with van der Waals surface area (Å²) in [6, 6.07) is 16.8. The van der Waals surface area contributed by atoms with E-state index in [0.717, 1.165) is 27.5 Å². The van der Waals surface area contributed by atoms with Crippen LogP contribution in [0, 0.1) is 17.6 Å². The van der Waals surface area contributed by atoms with E-state index in [4.69, 9.17) is 5.73 Å². The van der Waals surface area contributed by atoms with Crippen LogP contribution >= 0.6 is 11.8 Å². The van der Waals surface area contributed by atoms with Gasteiger partial charge in [0.25, 0.3) is 0 Å². The molecule has 38 heavy (non-hydrogen) atoms. The Labute approximate surface area is 224 Å². The molecule has 0 fully saturated rings. The fourth-order valence-corrected chi connectivity index (χ4v) is 5.88. The normalized spacial score (nSPS) is 17.8. The minimum Gasteiger partial charge on any atom is -0.323 e. The topological polar surface area (TPSA) is 92.5 Å². The molecule has 0 aliphatic carbocycles. The second kappa shape index (κ2) is 11.9. The minimum absolute atomic E-state index is 0.0453. The number of nitrogens with two attached hydrogens (primary N) is 1. The Hall–Kier alpha value is -3.56.